The van der Waals surface area contributed by atoms with Gasteiger partial charge in [0.25, 0.3) is 0 Å². The largest absolute Gasteiger partial charge is 0.465 e. The Balaban J connectivity index is 2.48. The van der Waals surface area contributed by atoms with E-state index in [4.69, 9.17) is 4.74 Å². The molecule has 1 saturated heterocycles. The summed E-state index contributed by atoms with van der Waals surface area (Å²) in [5.74, 6) is -0.130. The van der Waals surface area contributed by atoms with Gasteiger partial charge >= 0.3 is 5.97 Å². The second kappa shape index (κ2) is 8.51. The number of carbonyl (C=O) groups is 1. The Hall–Kier alpha value is -0.650. The first-order chi connectivity index (χ1) is 9.12. The molecule has 5 nitrogen and oxygen atoms in total. The molecule has 5 heteroatoms. The lowest BCUT2D eigenvalue weighted by Gasteiger charge is -2.40. The molecule has 0 aliphatic carbocycles. The Kier molecular flexibility index (Phi) is 7.34. The van der Waals surface area contributed by atoms with E-state index < -0.39 is 0 Å². The Morgan fingerprint density at radius 2 is 2.11 bits per heavy atom. The van der Waals surface area contributed by atoms with E-state index in [0.29, 0.717) is 12.6 Å². The van der Waals surface area contributed by atoms with E-state index in [1.807, 2.05) is 13.8 Å². The van der Waals surface area contributed by atoms with Crippen molar-refractivity contribution in [1.29, 1.82) is 0 Å². The van der Waals surface area contributed by atoms with Gasteiger partial charge in [-0.2, -0.15) is 0 Å². The average molecular weight is 271 g/mol. The van der Waals surface area contributed by atoms with Crippen molar-refractivity contribution in [2.24, 2.45) is 0 Å². The van der Waals surface area contributed by atoms with E-state index in [1.165, 1.54) is 0 Å². The number of nitrogens with zero attached hydrogens (tertiary/aromatic N) is 2. The van der Waals surface area contributed by atoms with Gasteiger partial charge < -0.3 is 10.1 Å². The van der Waals surface area contributed by atoms with E-state index in [1.54, 1.807) is 0 Å². The lowest BCUT2D eigenvalue weighted by Crippen LogP contribution is -2.56. The van der Waals surface area contributed by atoms with Crippen molar-refractivity contribution in [3.63, 3.8) is 0 Å². The highest BCUT2D eigenvalue weighted by Crippen LogP contribution is 2.09. The van der Waals surface area contributed by atoms with Crippen LogP contribution in [0.25, 0.3) is 0 Å². The third kappa shape index (κ3) is 5.09. The smallest absolute Gasteiger partial charge is 0.324 e. The molecule has 1 aliphatic heterocycles. The van der Waals surface area contributed by atoms with Gasteiger partial charge in [0.2, 0.25) is 0 Å². The average Bonchev–Trinajstić information content (AvgIpc) is 2.39. The van der Waals surface area contributed by atoms with Crippen LogP contribution in [0, 0.1) is 0 Å². The van der Waals surface area contributed by atoms with Crippen molar-refractivity contribution in [3.8, 4) is 0 Å². The second-order valence-electron chi connectivity index (χ2n) is 5.10. The Labute approximate surface area is 117 Å². The number of carbonyl (C=O) groups excluding carboxylic acids is 1. The van der Waals surface area contributed by atoms with Gasteiger partial charge in [-0.3, -0.25) is 14.6 Å². The number of piperazine rings is 1. The van der Waals surface area contributed by atoms with Gasteiger partial charge in [0.15, 0.2) is 0 Å². The fraction of sp³-hybridized carbons (Fsp3) is 0.929. The van der Waals surface area contributed by atoms with Crippen LogP contribution >= 0.6 is 0 Å². The second-order valence-corrected chi connectivity index (χ2v) is 5.10. The van der Waals surface area contributed by atoms with Gasteiger partial charge in [-0.25, -0.2) is 0 Å². The lowest BCUT2D eigenvalue weighted by molar-refractivity contribution is -0.146. The summed E-state index contributed by atoms with van der Waals surface area (Å²) in [5, 5.41) is 3.22. The third-order valence-electron chi connectivity index (χ3n) is 3.72. The molecule has 0 amide bonds. The molecule has 0 aromatic rings. The van der Waals surface area contributed by atoms with Gasteiger partial charge in [-0.1, -0.05) is 13.8 Å². The first-order valence-corrected chi connectivity index (χ1v) is 7.48. The molecule has 1 heterocycles. The minimum atomic E-state index is -0.203. The van der Waals surface area contributed by atoms with Gasteiger partial charge in [0.1, 0.15) is 6.04 Å². The molecule has 2 unspecified atom stereocenters. The molecule has 0 aromatic heterocycles. The number of nitrogens with one attached hydrogen (secondary N) is 1. The van der Waals surface area contributed by atoms with E-state index in [-0.39, 0.29) is 12.0 Å². The van der Waals surface area contributed by atoms with E-state index >= 15 is 0 Å². The molecule has 1 fully saturated rings. The predicted octanol–water partition coefficient (Wildman–Crippen LogP) is 0.554. The fourth-order valence-corrected chi connectivity index (χ4v) is 2.68. The van der Waals surface area contributed by atoms with E-state index in [0.717, 1.165) is 39.3 Å². The van der Waals surface area contributed by atoms with Crippen LogP contribution in [-0.2, 0) is 9.53 Å². The van der Waals surface area contributed by atoms with Crippen LogP contribution in [0.1, 0.15) is 27.7 Å². The van der Waals surface area contributed by atoms with Crippen LogP contribution in [0.2, 0.25) is 0 Å². The zero-order valence-electron chi connectivity index (χ0n) is 12.8. The fourth-order valence-electron chi connectivity index (χ4n) is 2.68. The van der Waals surface area contributed by atoms with Crippen LogP contribution in [-0.4, -0.2) is 73.7 Å². The number of esters is 1. The Morgan fingerprint density at radius 3 is 2.63 bits per heavy atom. The van der Waals surface area contributed by atoms with E-state index in [2.05, 4.69) is 29.0 Å². The van der Waals surface area contributed by atoms with Gasteiger partial charge in [0, 0.05) is 32.2 Å². The molecule has 1 rings (SSSR count). The highest BCUT2D eigenvalue weighted by atomic mass is 16.5. The van der Waals surface area contributed by atoms with Crippen LogP contribution in [0.3, 0.4) is 0 Å². The molecule has 1 N–H and O–H groups in total. The van der Waals surface area contributed by atoms with Crippen molar-refractivity contribution in [2.45, 2.75) is 39.8 Å². The van der Waals surface area contributed by atoms with Crippen LogP contribution in [0.15, 0.2) is 0 Å². The number of likely N-dealkylation sites (N-methyl/N-ethyl adjacent to an activating group) is 2. The normalized spacial score (nSPS) is 23.3. The summed E-state index contributed by atoms with van der Waals surface area (Å²) in [6.45, 7) is 14.5. The molecular formula is C14H29N3O2. The molecular weight excluding hydrogens is 242 g/mol. The van der Waals surface area contributed by atoms with Crippen LogP contribution in [0.5, 0.6) is 0 Å². The van der Waals surface area contributed by atoms with Crippen molar-refractivity contribution >= 4 is 5.97 Å². The van der Waals surface area contributed by atoms with Crippen molar-refractivity contribution in [3.05, 3.63) is 0 Å². The maximum Gasteiger partial charge on any atom is 0.324 e. The first kappa shape index (κ1) is 16.4. The van der Waals surface area contributed by atoms with Gasteiger partial charge in [-0.05, 0) is 26.9 Å². The monoisotopic (exact) mass is 271 g/mol. The molecule has 0 radical (unpaired) electrons. The summed E-state index contributed by atoms with van der Waals surface area (Å²) < 4.78 is 5.13. The summed E-state index contributed by atoms with van der Waals surface area (Å²) in [7, 11) is 0. The number of hydrogen-bond donors (Lipinski definition) is 1. The zero-order chi connectivity index (χ0) is 14.3. The highest BCUT2D eigenvalue weighted by molar-refractivity contribution is 5.76. The molecule has 0 spiro atoms. The topological polar surface area (TPSA) is 44.8 Å². The molecule has 1 aliphatic rings. The summed E-state index contributed by atoms with van der Waals surface area (Å²) in [6.07, 6.45) is 0. The molecule has 0 aromatic carbocycles. The SMILES string of the molecule is CCNC(CN1CCN(CC)C(C)C1)C(=O)OCC. The highest BCUT2D eigenvalue weighted by Gasteiger charge is 2.27. The van der Waals surface area contributed by atoms with Gasteiger partial charge in [-0.15, -0.1) is 0 Å². The van der Waals surface area contributed by atoms with Crippen molar-refractivity contribution in [2.75, 3.05) is 45.9 Å². The van der Waals surface area contributed by atoms with Crippen LogP contribution < -0.4 is 5.32 Å². The standard InChI is InChI=1S/C14H29N3O2/c1-5-15-13(14(18)19-7-3)11-16-8-9-17(6-2)12(4)10-16/h12-13,15H,5-11H2,1-4H3. The number of hydrogen-bond acceptors (Lipinski definition) is 5. The number of rotatable bonds is 7. The number of ether oxygens (including phenoxy) is 1. The minimum Gasteiger partial charge on any atom is -0.465 e. The van der Waals surface area contributed by atoms with Crippen molar-refractivity contribution < 1.29 is 9.53 Å². The van der Waals surface area contributed by atoms with Crippen molar-refractivity contribution in [1.82, 2.24) is 15.1 Å². The predicted molar refractivity (Wildman–Crippen MR) is 77.2 cm³/mol. The summed E-state index contributed by atoms with van der Waals surface area (Å²) >= 11 is 0. The maximum absolute atomic E-state index is 11.9. The summed E-state index contributed by atoms with van der Waals surface area (Å²) in [6, 6.07) is 0.355. The van der Waals surface area contributed by atoms with Gasteiger partial charge in [0.05, 0.1) is 6.61 Å². The molecule has 0 bridgehead atoms. The zero-order valence-corrected chi connectivity index (χ0v) is 12.8. The molecule has 112 valence electrons. The third-order valence-corrected chi connectivity index (χ3v) is 3.72. The molecule has 0 saturated carbocycles. The Bertz CT molecular complexity index is 273. The minimum absolute atomic E-state index is 0.130. The molecule has 19 heavy (non-hydrogen) atoms. The molecule has 2 atom stereocenters. The maximum atomic E-state index is 11.9. The van der Waals surface area contributed by atoms with E-state index in [9.17, 15) is 4.79 Å². The Morgan fingerprint density at radius 1 is 1.37 bits per heavy atom. The van der Waals surface area contributed by atoms with Crippen LogP contribution in [0.4, 0.5) is 0 Å². The lowest BCUT2D eigenvalue weighted by atomic mass is 10.1. The summed E-state index contributed by atoms with van der Waals surface area (Å²) in [4.78, 5) is 16.7. The quantitative estimate of drug-likeness (QED) is 0.685. The first-order valence-electron chi connectivity index (χ1n) is 7.48. The summed E-state index contributed by atoms with van der Waals surface area (Å²) in [5.41, 5.74) is 0.